The van der Waals surface area contributed by atoms with Crippen molar-refractivity contribution in [2.75, 3.05) is 23.7 Å². The molecule has 5 heteroatoms. The van der Waals surface area contributed by atoms with Gasteiger partial charge in [-0.1, -0.05) is 26.7 Å². The lowest BCUT2D eigenvalue weighted by atomic mass is 10.2. The fourth-order valence-electron chi connectivity index (χ4n) is 1.93. The second-order valence-corrected chi connectivity index (χ2v) is 4.70. The van der Waals surface area contributed by atoms with E-state index in [1.165, 1.54) is 0 Å². The molecule has 1 heterocycles. The van der Waals surface area contributed by atoms with Crippen molar-refractivity contribution in [2.24, 2.45) is 5.73 Å². The van der Waals surface area contributed by atoms with Gasteiger partial charge in [0.15, 0.2) is 0 Å². The first-order valence-corrected chi connectivity index (χ1v) is 6.90. The average Bonchev–Trinajstić information content (AvgIpc) is 2.39. The van der Waals surface area contributed by atoms with Gasteiger partial charge in [-0.3, -0.25) is 4.79 Å². The van der Waals surface area contributed by atoms with Crippen LogP contribution in [0.15, 0.2) is 12.3 Å². The summed E-state index contributed by atoms with van der Waals surface area (Å²) in [5, 5.41) is 0. The molecule has 0 unspecified atom stereocenters. The molecule has 0 bridgehead atoms. The number of carbonyl (C=O) groups excluding carboxylic acids is 1. The molecule has 0 aliphatic rings. The fraction of sp³-hybridized carbons (Fsp3) is 0.571. The maximum atomic E-state index is 11.5. The van der Waals surface area contributed by atoms with Gasteiger partial charge in [0.25, 0.3) is 5.91 Å². The molecule has 0 saturated heterocycles. The fourth-order valence-corrected chi connectivity index (χ4v) is 1.93. The van der Waals surface area contributed by atoms with Crippen molar-refractivity contribution in [2.45, 2.75) is 39.5 Å². The van der Waals surface area contributed by atoms with Crippen LogP contribution in [0.5, 0.6) is 0 Å². The van der Waals surface area contributed by atoms with Gasteiger partial charge in [-0.15, -0.1) is 0 Å². The first kappa shape index (κ1) is 15.3. The number of anilines is 2. The molecule has 5 nitrogen and oxygen atoms in total. The van der Waals surface area contributed by atoms with Gasteiger partial charge < -0.3 is 16.4 Å². The van der Waals surface area contributed by atoms with Gasteiger partial charge in [0, 0.05) is 13.1 Å². The lowest BCUT2D eigenvalue weighted by Gasteiger charge is -2.25. The minimum atomic E-state index is -0.479. The lowest BCUT2D eigenvalue weighted by molar-refractivity contribution is 0.100. The zero-order chi connectivity index (χ0) is 14.3. The Morgan fingerprint density at radius 2 is 1.84 bits per heavy atom. The van der Waals surface area contributed by atoms with Crippen LogP contribution in [0.2, 0.25) is 0 Å². The van der Waals surface area contributed by atoms with E-state index in [0.29, 0.717) is 17.1 Å². The Bertz CT molecular complexity index is 412. The van der Waals surface area contributed by atoms with E-state index >= 15 is 0 Å². The second-order valence-electron chi connectivity index (χ2n) is 4.70. The summed E-state index contributed by atoms with van der Waals surface area (Å²) in [4.78, 5) is 18.0. The van der Waals surface area contributed by atoms with Gasteiger partial charge in [0.05, 0.1) is 17.4 Å². The topological polar surface area (TPSA) is 85.2 Å². The van der Waals surface area contributed by atoms with Crippen molar-refractivity contribution < 1.29 is 4.79 Å². The summed E-state index contributed by atoms with van der Waals surface area (Å²) in [6.07, 6.45) is 5.90. The maximum absolute atomic E-state index is 11.5. The van der Waals surface area contributed by atoms with Crippen molar-refractivity contribution in [3.05, 3.63) is 17.8 Å². The highest BCUT2D eigenvalue weighted by Crippen LogP contribution is 2.20. The van der Waals surface area contributed by atoms with Crippen LogP contribution >= 0.6 is 0 Å². The molecular formula is C14H24N4O. The molecule has 1 rings (SSSR count). The molecule has 106 valence electrons. The third-order valence-electron chi connectivity index (χ3n) is 3.02. The summed E-state index contributed by atoms with van der Waals surface area (Å²) in [5.74, 6) is 0.177. The van der Waals surface area contributed by atoms with Crippen molar-refractivity contribution in [1.82, 2.24) is 4.98 Å². The van der Waals surface area contributed by atoms with E-state index in [-0.39, 0.29) is 0 Å². The molecule has 1 amide bonds. The number of pyridine rings is 1. The third kappa shape index (κ3) is 4.43. The van der Waals surface area contributed by atoms with Crippen molar-refractivity contribution >= 4 is 17.4 Å². The largest absolute Gasteiger partial charge is 0.397 e. The Balaban J connectivity index is 3.02. The standard InChI is InChI=1S/C14H24N4O/c1-3-5-7-18(8-6-4-2)14-12(13(16)19)9-11(15)10-17-14/h9-10H,3-8,15H2,1-2H3,(H2,16,19). The van der Waals surface area contributed by atoms with Crippen LogP contribution in [0.4, 0.5) is 11.5 Å². The van der Waals surface area contributed by atoms with Gasteiger partial charge in [0.2, 0.25) is 0 Å². The van der Waals surface area contributed by atoms with E-state index < -0.39 is 5.91 Å². The predicted octanol–water partition coefficient (Wildman–Crippen LogP) is 2.17. The Kier molecular flexibility index (Phi) is 6.12. The molecule has 0 radical (unpaired) electrons. The van der Waals surface area contributed by atoms with Gasteiger partial charge in [-0.2, -0.15) is 0 Å². The highest BCUT2D eigenvalue weighted by atomic mass is 16.1. The minimum Gasteiger partial charge on any atom is -0.397 e. The molecule has 0 spiro atoms. The SMILES string of the molecule is CCCCN(CCCC)c1ncc(N)cc1C(N)=O. The first-order chi connectivity index (χ1) is 9.10. The summed E-state index contributed by atoms with van der Waals surface area (Å²) in [5.41, 5.74) is 12.0. The van der Waals surface area contributed by atoms with Crippen LogP contribution in [-0.2, 0) is 0 Å². The number of amides is 1. The predicted molar refractivity (Wildman–Crippen MR) is 79.2 cm³/mol. The third-order valence-corrected chi connectivity index (χ3v) is 3.02. The number of primary amides is 1. The normalized spacial score (nSPS) is 10.4. The number of unbranched alkanes of at least 4 members (excludes halogenated alkanes) is 2. The minimum absolute atomic E-state index is 0.409. The molecule has 0 aliphatic heterocycles. The Hall–Kier alpha value is -1.78. The molecule has 0 saturated carbocycles. The molecule has 0 aliphatic carbocycles. The molecule has 1 aromatic heterocycles. The Morgan fingerprint density at radius 1 is 1.26 bits per heavy atom. The number of nitrogens with zero attached hydrogens (tertiary/aromatic N) is 2. The average molecular weight is 264 g/mol. The van der Waals surface area contributed by atoms with Crippen molar-refractivity contribution in [3.63, 3.8) is 0 Å². The van der Waals surface area contributed by atoms with Crippen molar-refractivity contribution in [1.29, 1.82) is 0 Å². The van der Waals surface area contributed by atoms with E-state index in [2.05, 4.69) is 23.7 Å². The Labute approximate surface area is 115 Å². The maximum Gasteiger partial charge on any atom is 0.252 e. The van der Waals surface area contributed by atoms with Crippen LogP contribution < -0.4 is 16.4 Å². The smallest absolute Gasteiger partial charge is 0.252 e. The van der Waals surface area contributed by atoms with E-state index in [1.807, 2.05) is 0 Å². The van der Waals surface area contributed by atoms with Crippen LogP contribution in [0.3, 0.4) is 0 Å². The number of nitrogens with two attached hydrogens (primary N) is 2. The van der Waals surface area contributed by atoms with E-state index in [1.54, 1.807) is 12.3 Å². The molecule has 0 atom stereocenters. The molecule has 0 fully saturated rings. The number of carbonyl (C=O) groups is 1. The monoisotopic (exact) mass is 264 g/mol. The van der Waals surface area contributed by atoms with E-state index in [9.17, 15) is 4.79 Å². The summed E-state index contributed by atoms with van der Waals surface area (Å²) in [6, 6.07) is 1.61. The van der Waals surface area contributed by atoms with E-state index in [4.69, 9.17) is 11.5 Å². The van der Waals surface area contributed by atoms with Gasteiger partial charge in [0.1, 0.15) is 5.82 Å². The van der Waals surface area contributed by atoms with Gasteiger partial charge in [-0.25, -0.2) is 4.98 Å². The van der Waals surface area contributed by atoms with Crippen LogP contribution in [0.25, 0.3) is 0 Å². The Morgan fingerprint density at radius 3 is 2.32 bits per heavy atom. The highest BCUT2D eigenvalue weighted by molar-refractivity contribution is 5.98. The lowest BCUT2D eigenvalue weighted by Crippen LogP contribution is -2.29. The molecule has 0 aromatic carbocycles. The second kappa shape index (κ2) is 7.61. The van der Waals surface area contributed by atoms with E-state index in [0.717, 1.165) is 38.8 Å². The highest BCUT2D eigenvalue weighted by Gasteiger charge is 2.16. The first-order valence-electron chi connectivity index (χ1n) is 6.90. The van der Waals surface area contributed by atoms with Crippen LogP contribution in [0, 0.1) is 0 Å². The molecule has 4 N–H and O–H groups in total. The zero-order valence-electron chi connectivity index (χ0n) is 11.9. The van der Waals surface area contributed by atoms with Crippen molar-refractivity contribution in [3.8, 4) is 0 Å². The number of rotatable bonds is 8. The number of hydrogen-bond acceptors (Lipinski definition) is 4. The number of hydrogen-bond donors (Lipinski definition) is 2. The summed E-state index contributed by atoms with van der Waals surface area (Å²) in [7, 11) is 0. The van der Waals surface area contributed by atoms with Gasteiger partial charge in [-0.05, 0) is 18.9 Å². The summed E-state index contributed by atoms with van der Waals surface area (Å²) >= 11 is 0. The molecule has 1 aromatic rings. The number of aromatic nitrogens is 1. The zero-order valence-corrected chi connectivity index (χ0v) is 11.9. The molecule has 19 heavy (non-hydrogen) atoms. The molecular weight excluding hydrogens is 240 g/mol. The van der Waals surface area contributed by atoms with Gasteiger partial charge >= 0.3 is 0 Å². The summed E-state index contributed by atoms with van der Waals surface area (Å²) in [6.45, 7) is 6.05. The summed E-state index contributed by atoms with van der Waals surface area (Å²) < 4.78 is 0. The number of nitrogen functional groups attached to an aromatic ring is 1. The van der Waals surface area contributed by atoms with Crippen LogP contribution in [-0.4, -0.2) is 24.0 Å². The van der Waals surface area contributed by atoms with Crippen LogP contribution in [0.1, 0.15) is 49.9 Å². The quantitative estimate of drug-likeness (QED) is 0.753.